The Bertz CT molecular complexity index is 1110. The van der Waals surface area contributed by atoms with E-state index in [9.17, 15) is 9.59 Å². The number of carbonyl (C=O) groups is 2. The van der Waals surface area contributed by atoms with Crippen LogP contribution in [0.1, 0.15) is 20.7 Å². The first-order valence-corrected chi connectivity index (χ1v) is 11.0. The fourth-order valence-corrected chi connectivity index (χ4v) is 3.12. The molecular formula is C25H25N3O5S. The van der Waals surface area contributed by atoms with Crippen molar-refractivity contribution in [3.63, 3.8) is 0 Å². The van der Waals surface area contributed by atoms with Crippen molar-refractivity contribution in [3.05, 3.63) is 90.0 Å². The predicted molar refractivity (Wildman–Crippen MR) is 133 cm³/mol. The second-order valence-electron chi connectivity index (χ2n) is 6.97. The van der Waals surface area contributed by atoms with Gasteiger partial charge in [0.1, 0.15) is 24.7 Å². The Kier molecular flexibility index (Phi) is 9.39. The number of ether oxygens (including phenoxy) is 2. The van der Waals surface area contributed by atoms with Crippen LogP contribution >= 0.6 is 12.2 Å². The molecule has 0 fully saturated rings. The number of para-hydroxylation sites is 2. The first kappa shape index (κ1) is 24.7. The van der Waals surface area contributed by atoms with Gasteiger partial charge >= 0.3 is 0 Å². The van der Waals surface area contributed by atoms with E-state index in [1.54, 1.807) is 48.5 Å². The minimum atomic E-state index is -0.404. The van der Waals surface area contributed by atoms with Gasteiger partial charge in [-0.15, -0.1) is 0 Å². The van der Waals surface area contributed by atoms with Gasteiger partial charge in [0, 0.05) is 12.1 Å². The number of hydrogen-bond donors (Lipinski definition) is 4. The van der Waals surface area contributed by atoms with Crippen molar-refractivity contribution in [2.45, 2.75) is 0 Å². The van der Waals surface area contributed by atoms with Gasteiger partial charge < -0.3 is 25.2 Å². The first-order chi connectivity index (χ1) is 16.6. The Morgan fingerprint density at radius 2 is 1.41 bits per heavy atom. The van der Waals surface area contributed by atoms with Crippen molar-refractivity contribution < 1.29 is 24.2 Å². The Balaban J connectivity index is 1.48. The number of hydrogen-bond acceptors (Lipinski definition) is 6. The van der Waals surface area contributed by atoms with Crippen LogP contribution in [0.15, 0.2) is 78.9 Å². The Labute approximate surface area is 202 Å². The third-order valence-corrected chi connectivity index (χ3v) is 4.73. The molecule has 9 heteroatoms. The van der Waals surface area contributed by atoms with E-state index in [2.05, 4.69) is 16.0 Å². The van der Waals surface area contributed by atoms with Crippen molar-refractivity contribution in [3.8, 4) is 11.5 Å². The predicted octanol–water partition coefficient (Wildman–Crippen LogP) is 2.99. The summed E-state index contributed by atoms with van der Waals surface area (Å²) in [5.41, 5.74) is 1.17. The number of nitrogens with one attached hydrogen (secondary N) is 3. The van der Waals surface area contributed by atoms with Gasteiger partial charge in [0.25, 0.3) is 11.8 Å². The number of amides is 2. The molecule has 4 N–H and O–H groups in total. The van der Waals surface area contributed by atoms with Crippen LogP contribution in [-0.4, -0.2) is 48.4 Å². The molecule has 3 rings (SSSR count). The monoisotopic (exact) mass is 479 g/mol. The number of benzene rings is 3. The van der Waals surface area contributed by atoms with Crippen molar-refractivity contribution in [2.24, 2.45) is 0 Å². The van der Waals surface area contributed by atoms with Gasteiger partial charge in [-0.3, -0.25) is 14.9 Å². The largest absolute Gasteiger partial charge is 0.490 e. The Morgan fingerprint density at radius 1 is 0.794 bits per heavy atom. The molecule has 0 saturated heterocycles. The maximum Gasteiger partial charge on any atom is 0.257 e. The van der Waals surface area contributed by atoms with Gasteiger partial charge in [0.2, 0.25) is 0 Å². The van der Waals surface area contributed by atoms with Crippen LogP contribution in [0, 0.1) is 0 Å². The number of aliphatic hydroxyl groups excluding tert-OH is 1. The van der Waals surface area contributed by atoms with Gasteiger partial charge in [-0.2, -0.15) is 0 Å². The summed E-state index contributed by atoms with van der Waals surface area (Å²) >= 11 is 5.23. The third-order valence-electron chi connectivity index (χ3n) is 4.52. The number of anilines is 1. The minimum absolute atomic E-state index is 0.0470. The summed E-state index contributed by atoms with van der Waals surface area (Å²) in [5, 5.41) is 17.0. The number of aliphatic hydroxyl groups is 1. The van der Waals surface area contributed by atoms with Gasteiger partial charge in [0.15, 0.2) is 5.11 Å². The molecule has 0 aliphatic carbocycles. The van der Waals surface area contributed by atoms with E-state index in [1.165, 1.54) is 0 Å². The molecule has 0 heterocycles. The van der Waals surface area contributed by atoms with Crippen LogP contribution in [0.3, 0.4) is 0 Å². The highest BCUT2D eigenvalue weighted by molar-refractivity contribution is 7.80. The normalized spacial score (nSPS) is 10.1. The molecule has 3 aromatic carbocycles. The van der Waals surface area contributed by atoms with E-state index in [-0.39, 0.29) is 24.2 Å². The molecule has 0 radical (unpaired) electrons. The van der Waals surface area contributed by atoms with Crippen LogP contribution in [0.2, 0.25) is 0 Å². The minimum Gasteiger partial charge on any atom is -0.490 e. The Morgan fingerprint density at radius 3 is 2.09 bits per heavy atom. The zero-order valence-corrected chi connectivity index (χ0v) is 19.1. The lowest BCUT2D eigenvalue weighted by Gasteiger charge is -2.13. The van der Waals surface area contributed by atoms with Gasteiger partial charge in [-0.05, 0) is 60.7 Å². The van der Waals surface area contributed by atoms with Crippen molar-refractivity contribution in [1.29, 1.82) is 0 Å². The lowest BCUT2D eigenvalue weighted by atomic mass is 10.1. The van der Waals surface area contributed by atoms with Crippen molar-refractivity contribution in [2.75, 3.05) is 31.7 Å². The average Bonchev–Trinajstić information content (AvgIpc) is 2.86. The van der Waals surface area contributed by atoms with Crippen molar-refractivity contribution in [1.82, 2.24) is 10.6 Å². The lowest BCUT2D eigenvalue weighted by molar-refractivity contribution is 0.0944. The average molecular weight is 480 g/mol. The first-order valence-electron chi connectivity index (χ1n) is 10.6. The van der Waals surface area contributed by atoms with Gasteiger partial charge in [0.05, 0.1) is 17.9 Å². The molecule has 0 atom stereocenters. The van der Waals surface area contributed by atoms with E-state index < -0.39 is 5.91 Å². The molecule has 0 spiro atoms. The molecule has 0 unspecified atom stereocenters. The zero-order valence-electron chi connectivity index (χ0n) is 18.3. The second kappa shape index (κ2) is 12.9. The number of carbonyl (C=O) groups excluding carboxylic acids is 2. The van der Waals surface area contributed by atoms with E-state index >= 15 is 0 Å². The number of thiocarbonyl (C=S) groups is 1. The SMILES string of the molecule is O=C(NC(=S)Nc1ccccc1C(=O)NCCO)c1ccc(OCCOc2ccccc2)cc1. The molecule has 8 nitrogen and oxygen atoms in total. The van der Waals surface area contributed by atoms with E-state index in [1.807, 2.05) is 30.3 Å². The summed E-state index contributed by atoms with van der Waals surface area (Å²) in [6, 6.07) is 22.8. The maximum absolute atomic E-state index is 12.5. The van der Waals surface area contributed by atoms with Crippen molar-refractivity contribution >= 4 is 34.8 Å². The van der Waals surface area contributed by atoms with Gasteiger partial charge in [-0.25, -0.2) is 0 Å². The third kappa shape index (κ3) is 7.58. The standard InChI is InChI=1S/C25H25N3O5S/c29-15-14-26-24(31)21-8-4-5-9-22(21)27-25(34)28-23(30)18-10-12-20(13-11-18)33-17-16-32-19-6-2-1-3-7-19/h1-13,29H,14-17H2,(H,26,31)(H2,27,28,30,34). The molecular weight excluding hydrogens is 454 g/mol. The summed E-state index contributed by atoms with van der Waals surface area (Å²) < 4.78 is 11.2. The molecule has 34 heavy (non-hydrogen) atoms. The van der Waals surface area contributed by atoms with Crippen LogP contribution in [0.25, 0.3) is 0 Å². The quantitative estimate of drug-likeness (QED) is 0.261. The highest BCUT2D eigenvalue weighted by Crippen LogP contribution is 2.16. The molecule has 0 saturated carbocycles. The lowest BCUT2D eigenvalue weighted by Crippen LogP contribution is -2.35. The van der Waals surface area contributed by atoms with E-state index in [0.717, 1.165) is 5.75 Å². The highest BCUT2D eigenvalue weighted by atomic mass is 32.1. The van der Waals surface area contributed by atoms with Gasteiger partial charge in [-0.1, -0.05) is 30.3 Å². The second-order valence-corrected chi connectivity index (χ2v) is 7.38. The summed E-state index contributed by atoms with van der Waals surface area (Å²) in [4.78, 5) is 24.8. The molecule has 3 aromatic rings. The van der Waals surface area contributed by atoms with E-state index in [4.69, 9.17) is 26.8 Å². The molecule has 0 bridgehead atoms. The molecule has 0 aromatic heterocycles. The maximum atomic E-state index is 12.5. The summed E-state index contributed by atoms with van der Waals surface area (Å²) in [7, 11) is 0. The summed E-state index contributed by atoms with van der Waals surface area (Å²) in [5.74, 6) is 0.613. The Hall–Kier alpha value is -3.95. The molecule has 0 aliphatic rings. The molecule has 2 amide bonds. The zero-order chi connectivity index (χ0) is 24.2. The van der Waals surface area contributed by atoms with E-state index in [0.29, 0.717) is 35.8 Å². The topological polar surface area (TPSA) is 109 Å². The van der Waals surface area contributed by atoms with Crippen LogP contribution in [0.4, 0.5) is 5.69 Å². The smallest absolute Gasteiger partial charge is 0.257 e. The fraction of sp³-hybridized carbons (Fsp3) is 0.160. The summed E-state index contributed by atoms with van der Waals surface area (Å²) in [6.45, 7) is 0.723. The van der Waals surface area contributed by atoms with Crippen LogP contribution in [0.5, 0.6) is 11.5 Å². The molecule has 176 valence electrons. The fourth-order valence-electron chi connectivity index (χ4n) is 2.92. The van der Waals surface area contributed by atoms with Crippen LogP contribution < -0.4 is 25.4 Å². The molecule has 0 aliphatic heterocycles. The number of rotatable bonds is 10. The highest BCUT2D eigenvalue weighted by Gasteiger charge is 2.13. The summed E-state index contributed by atoms with van der Waals surface area (Å²) in [6.07, 6.45) is 0. The van der Waals surface area contributed by atoms with Crippen LogP contribution in [-0.2, 0) is 0 Å².